The van der Waals surface area contributed by atoms with E-state index in [1.54, 1.807) is 0 Å². The van der Waals surface area contributed by atoms with Crippen molar-refractivity contribution < 1.29 is 27.5 Å². The summed E-state index contributed by atoms with van der Waals surface area (Å²) in [4.78, 5) is 31.4. The molecule has 1 aliphatic heterocycles. The van der Waals surface area contributed by atoms with Crippen molar-refractivity contribution >= 4 is 16.9 Å². The van der Waals surface area contributed by atoms with Crippen LogP contribution in [0.3, 0.4) is 0 Å². The standard InChI is InChI=1S/C24H23F4N7O3/c25-15-1-3-17(4-2-15)35-22-18(11-31-35)23(37)33(14-29-22)13-24(38)5-7-32(8-6-24)20(36)9-19(21(27)28)34-12-16(26)10-30-34/h1-4,10-12,14,19,21,38H,5-9,13H2. The number of aliphatic hydroxyl groups is 1. The van der Waals surface area contributed by atoms with Gasteiger partial charge >= 0.3 is 0 Å². The minimum atomic E-state index is -2.93. The number of carbonyl (C=O) groups is 1. The van der Waals surface area contributed by atoms with E-state index in [0.717, 1.165) is 17.1 Å². The summed E-state index contributed by atoms with van der Waals surface area (Å²) in [6.45, 7) is 0.0854. The lowest BCUT2D eigenvalue weighted by Gasteiger charge is -2.38. The van der Waals surface area contributed by atoms with Gasteiger partial charge in [0.05, 0.1) is 42.8 Å². The van der Waals surface area contributed by atoms with Gasteiger partial charge in [-0.2, -0.15) is 10.2 Å². The molecule has 0 bridgehead atoms. The van der Waals surface area contributed by atoms with Crippen LogP contribution in [-0.2, 0) is 11.3 Å². The molecule has 5 rings (SSSR count). The highest BCUT2D eigenvalue weighted by molar-refractivity contribution is 5.77. The number of fused-ring (bicyclic) bond motifs is 1. The van der Waals surface area contributed by atoms with Crippen molar-refractivity contribution in [1.82, 2.24) is 34.0 Å². The van der Waals surface area contributed by atoms with Crippen molar-refractivity contribution in [2.45, 2.75) is 43.9 Å². The van der Waals surface area contributed by atoms with Crippen LogP contribution in [0.2, 0.25) is 0 Å². The Kier molecular flexibility index (Phi) is 6.73. The van der Waals surface area contributed by atoms with Crippen LogP contribution in [0, 0.1) is 11.6 Å². The molecule has 1 saturated heterocycles. The summed E-state index contributed by atoms with van der Waals surface area (Å²) in [6.07, 6.45) is 0.950. The highest BCUT2D eigenvalue weighted by Gasteiger charge is 2.36. The number of likely N-dealkylation sites (tertiary alicyclic amines) is 1. The summed E-state index contributed by atoms with van der Waals surface area (Å²) in [5.74, 6) is -1.76. The van der Waals surface area contributed by atoms with Crippen LogP contribution in [0.4, 0.5) is 17.6 Å². The third-order valence-corrected chi connectivity index (χ3v) is 6.72. The predicted molar refractivity (Wildman–Crippen MR) is 126 cm³/mol. The highest BCUT2D eigenvalue weighted by atomic mass is 19.3. The number of nitrogens with zero attached hydrogens (tertiary/aromatic N) is 7. The fraction of sp³-hybridized carbons (Fsp3) is 0.375. The molecule has 200 valence electrons. The molecule has 10 nitrogen and oxygen atoms in total. The molecular formula is C24H23F4N7O3. The van der Waals surface area contributed by atoms with Crippen molar-refractivity contribution in [3.8, 4) is 5.69 Å². The SMILES string of the molecule is O=C(CC(C(F)F)n1cc(F)cn1)N1CCC(O)(Cn2cnc3c(cnn3-c3ccc(F)cc3)c2=O)CC1. The van der Waals surface area contributed by atoms with Crippen LogP contribution in [-0.4, -0.2) is 70.1 Å². The zero-order valence-electron chi connectivity index (χ0n) is 19.9. The number of halogens is 4. The van der Waals surface area contributed by atoms with Gasteiger partial charge in [-0.25, -0.2) is 27.2 Å². The van der Waals surface area contributed by atoms with Gasteiger partial charge in [0.25, 0.3) is 12.0 Å². The van der Waals surface area contributed by atoms with Crippen LogP contribution in [0.15, 0.2) is 54.0 Å². The predicted octanol–water partition coefficient (Wildman–Crippen LogP) is 2.31. The van der Waals surface area contributed by atoms with Gasteiger partial charge in [-0.3, -0.25) is 18.8 Å². The molecule has 3 aromatic heterocycles. The van der Waals surface area contributed by atoms with E-state index >= 15 is 0 Å². The minimum Gasteiger partial charge on any atom is -0.388 e. The molecule has 1 aromatic carbocycles. The molecule has 0 saturated carbocycles. The first-order valence-corrected chi connectivity index (χ1v) is 11.8. The summed E-state index contributed by atoms with van der Waals surface area (Å²) in [5.41, 5.74) is -0.971. The zero-order chi connectivity index (χ0) is 27.0. The van der Waals surface area contributed by atoms with E-state index in [-0.39, 0.29) is 43.5 Å². The Balaban J connectivity index is 1.25. The summed E-state index contributed by atoms with van der Waals surface area (Å²) in [5, 5.41) is 19.1. The lowest BCUT2D eigenvalue weighted by molar-refractivity contribution is -0.138. The number of carbonyl (C=O) groups excluding carboxylic acids is 1. The normalized spacial score (nSPS) is 16.3. The van der Waals surface area contributed by atoms with E-state index in [4.69, 9.17) is 0 Å². The van der Waals surface area contributed by atoms with Crippen molar-refractivity contribution in [2.75, 3.05) is 13.1 Å². The average Bonchev–Trinajstić information content (AvgIpc) is 3.51. The van der Waals surface area contributed by atoms with Crippen LogP contribution in [0.1, 0.15) is 25.3 Å². The number of benzene rings is 1. The minimum absolute atomic E-state index is 0.0890. The molecular weight excluding hydrogens is 510 g/mol. The topological polar surface area (TPSA) is 111 Å². The van der Waals surface area contributed by atoms with Gasteiger partial charge in [-0.1, -0.05) is 0 Å². The monoisotopic (exact) mass is 533 g/mol. The van der Waals surface area contributed by atoms with Gasteiger partial charge in [0, 0.05) is 13.1 Å². The maximum absolute atomic E-state index is 13.5. The van der Waals surface area contributed by atoms with Crippen molar-refractivity contribution in [1.29, 1.82) is 0 Å². The Labute approximate surface area is 212 Å². The average molecular weight is 533 g/mol. The first-order chi connectivity index (χ1) is 18.1. The fourth-order valence-corrected chi connectivity index (χ4v) is 4.58. The lowest BCUT2D eigenvalue weighted by Crippen LogP contribution is -2.50. The molecule has 1 amide bonds. The second-order valence-electron chi connectivity index (χ2n) is 9.30. The molecule has 0 radical (unpaired) electrons. The van der Waals surface area contributed by atoms with Gasteiger partial charge in [0.1, 0.15) is 23.6 Å². The van der Waals surface area contributed by atoms with E-state index in [2.05, 4.69) is 15.2 Å². The van der Waals surface area contributed by atoms with Crippen LogP contribution >= 0.6 is 0 Å². The Morgan fingerprint density at radius 1 is 1.05 bits per heavy atom. The Bertz CT molecular complexity index is 1510. The highest BCUT2D eigenvalue weighted by Crippen LogP contribution is 2.27. The van der Waals surface area contributed by atoms with Crippen molar-refractivity contribution in [2.24, 2.45) is 0 Å². The first kappa shape index (κ1) is 25.6. The Morgan fingerprint density at radius 3 is 2.39 bits per heavy atom. The number of piperidine rings is 1. The fourth-order valence-electron chi connectivity index (χ4n) is 4.58. The molecule has 0 aliphatic carbocycles. The molecule has 1 atom stereocenters. The maximum Gasteiger partial charge on any atom is 0.264 e. The van der Waals surface area contributed by atoms with Crippen LogP contribution in [0.5, 0.6) is 0 Å². The van der Waals surface area contributed by atoms with Crippen LogP contribution in [0.25, 0.3) is 16.7 Å². The van der Waals surface area contributed by atoms with E-state index in [1.807, 2.05) is 0 Å². The number of hydrogen-bond acceptors (Lipinski definition) is 6. The smallest absolute Gasteiger partial charge is 0.264 e. The van der Waals surface area contributed by atoms with Gasteiger partial charge in [0.2, 0.25) is 5.91 Å². The zero-order valence-corrected chi connectivity index (χ0v) is 19.9. The molecule has 4 aromatic rings. The second-order valence-corrected chi connectivity index (χ2v) is 9.30. The van der Waals surface area contributed by atoms with E-state index in [0.29, 0.717) is 5.69 Å². The molecule has 1 fully saturated rings. The summed E-state index contributed by atoms with van der Waals surface area (Å²) < 4.78 is 56.9. The van der Waals surface area contributed by atoms with Crippen LogP contribution < -0.4 is 5.56 Å². The number of aromatic nitrogens is 6. The summed E-state index contributed by atoms with van der Waals surface area (Å²) in [7, 11) is 0. The second kappa shape index (κ2) is 10.0. The van der Waals surface area contributed by atoms with E-state index in [1.165, 1.54) is 50.9 Å². The molecule has 0 spiro atoms. The summed E-state index contributed by atoms with van der Waals surface area (Å²) >= 11 is 0. The number of rotatable bonds is 7. The molecule has 1 aliphatic rings. The largest absolute Gasteiger partial charge is 0.388 e. The Morgan fingerprint density at radius 2 is 1.76 bits per heavy atom. The van der Waals surface area contributed by atoms with Gasteiger partial charge in [-0.15, -0.1) is 0 Å². The van der Waals surface area contributed by atoms with Gasteiger partial charge in [0.15, 0.2) is 11.5 Å². The molecule has 14 heteroatoms. The van der Waals surface area contributed by atoms with Crippen molar-refractivity contribution in [3.05, 3.63) is 71.2 Å². The molecule has 1 N–H and O–H groups in total. The third kappa shape index (κ3) is 5.03. The van der Waals surface area contributed by atoms with Gasteiger partial charge < -0.3 is 10.0 Å². The Hall–Kier alpha value is -4.07. The first-order valence-electron chi connectivity index (χ1n) is 11.8. The number of amides is 1. The summed E-state index contributed by atoms with van der Waals surface area (Å²) in [6, 6.07) is 3.93. The molecule has 38 heavy (non-hydrogen) atoms. The number of hydrogen-bond donors (Lipinski definition) is 1. The maximum atomic E-state index is 13.5. The lowest BCUT2D eigenvalue weighted by atomic mass is 9.91. The quantitative estimate of drug-likeness (QED) is 0.365. The number of alkyl halides is 2. The van der Waals surface area contributed by atoms with Crippen molar-refractivity contribution in [3.63, 3.8) is 0 Å². The third-order valence-electron chi connectivity index (χ3n) is 6.72. The van der Waals surface area contributed by atoms with Gasteiger partial charge in [-0.05, 0) is 37.1 Å². The van der Waals surface area contributed by atoms with E-state index < -0.39 is 47.6 Å². The van der Waals surface area contributed by atoms with E-state index in [9.17, 15) is 32.3 Å². The molecule has 1 unspecified atom stereocenters. The molecule has 4 heterocycles.